The van der Waals surface area contributed by atoms with Crippen LogP contribution in [-0.2, 0) is 4.79 Å². The first-order chi connectivity index (χ1) is 13.7. The number of carbonyl (C=O) groups excluding carboxylic acids is 1. The normalized spacial score (nSPS) is 35.8. The van der Waals surface area contributed by atoms with E-state index in [2.05, 4.69) is 46.0 Å². The molecule has 28 heavy (non-hydrogen) atoms. The SMILES string of the molecule is COc1ccc([C@H]2CN(C(=O)C3CCN(C)CC3)[C@H]3C4CCN(CC4)[C@@H]23)cc1. The van der Waals surface area contributed by atoms with Crippen LogP contribution in [0.25, 0.3) is 0 Å². The number of hydrogen-bond donors (Lipinski definition) is 0. The lowest BCUT2D eigenvalue weighted by Gasteiger charge is -2.51. The third-order valence-electron chi connectivity index (χ3n) is 7.89. The molecule has 1 amide bonds. The summed E-state index contributed by atoms with van der Waals surface area (Å²) in [5.74, 6) is 2.68. The molecule has 5 saturated heterocycles. The van der Waals surface area contributed by atoms with E-state index in [9.17, 15) is 4.79 Å². The molecule has 0 aromatic heterocycles. The van der Waals surface area contributed by atoms with Crippen molar-refractivity contribution in [3.8, 4) is 5.75 Å². The summed E-state index contributed by atoms with van der Waals surface area (Å²) in [7, 11) is 3.88. The summed E-state index contributed by atoms with van der Waals surface area (Å²) in [6, 6.07) is 9.49. The summed E-state index contributed by atoms with van der Waals surface area (Å²) in [5.41, 5.74) is 1.36. The van der Waals surface area contributed by atoms with Crippen molar-refractivity contribution in [1.82, 2.24) is 14.7 Å². The first kappa shape index (κ1) is 18.4. The molecule has 0 aliphatic carbocycles. The van der Waals surface area contributed by atoms with Crippen LogP contribution in [0.1, 0.15) is 37.2 Å². The van der Waals surface area contributed by atoms with Gasteiger partial charge in [-0.25, -0.2) is 0 Å². The van der Waals surface area contributed by atoms with Crippen LogP contribution in [0.2, 0.25) is 0 Å². The number of rotatable bonds is 3. The van der Waals surface area contributed by atoms with Gasteiger partial charge in [0.2, 0.25) is 5.91 Å². The molecule has 0 unspecified atom stereocenters. The van der Waals surface area contributed by atoms with Crippen molar-refractivity contribution in [2.75, 3.05) is 46.9 Å². The zero-order valence-electron chi connectivity index (χ0n) is 17.2. The molecule has 5 heterocycles. The monoisotopic (exact) mass is 383 g/mol. The number of methoxy groups -OCH3 is 1. The van der Waals surface area contributed by atoms with E-state index in [1.807, 2.05) is 0 Å². The molecule has 3 atom stereocenters. The van der Waals surface area contributed by atoms with Crippen molar-refractivity contribution in [3.05, 3.63) is 29.8 Å². The zero-order chi connectivity index (χ0) is 19.3. The van der Waals surface area contributed by atoms with Crippen LogP contribution in [-0.4, -0.2) is 79.6 Å². The van der Waals surface area contributed by atoms with E-state index < -0.39 is 0 Å². The number of piperidine rings is 4. The molecule has 5 aliphatic heterocycles. The molecule has 5 nitrogen and oxygen atoms in total. The fourth-order valence-corrected chi connectivity index (χ4v) is 6.31. The van der Waals surface area contributed by atoms with Gasteiger partial charge < -0.3 is 14.5 Å². The van der Waals surface area contributed by atoms with Crippen molar-refractivity contribution >= 4 is 5.91 Å². The maximum Gasteiger partial charge on any atom is 0.226 e. The molecule has 5 heteroatoms. The number of fused-ring (bicyclic) bond motifs is 2. The van der Waals surface area contributed by atoms with E-state index in [-0.39, 0.29) is 5.92 Å². The van der Waals surface area contributed by atoms with Gasteiger partial charge in [0.25, 0.3) is 0 Å². The standard InChI is InChI=1S/C23H33N3O2/c1-24-11-7-18(8-12-24)23(27)26-15-20(16-3-5-19(28-2)6-4-16)22-21(26)17-9-13-25(22)14-10-17/h3-6,17-18,20-22H,7-15H2,1-2H3/t20-,21+,22+/m1/s1. The number of hydrogen-bond acceptors (Lipinski definition) is 4. The lowest BCUT2D eigenvalue weighted by molar-refractivity contribution is -0.141. The first-order valence-electron chi connectivity index (χ1n) is 11.0. The highest BCUT2D eigenvalue weighted by Gasteiger charge is 2.55. The van der Waals surface area contributed by atoms with Crippen molar-refractivity contribution in [2.45, 2.75) is 43.7 Å². The summed E-state index contributed by atoms with van der Waals surface area (Å²) in [6.07, 6.45) is 4.55. The maximum absolute atomic E-state index is 13.6. The Labute approximate surface area is 168 Å². The lowest BCUT2D eigenvalue weighted by Crippen LogP contribution is -2.61. The predicted octanol–water partition coefficient (Wildman–Crippen LogP) is 2.43. The molecule has 152 valence electrons. The van der Waals surface area contributed by atoms with Gasteiger partial charge in [-0.1, -0.05) is 12.1 Å². The Morgan fingerprint density at radius 3 is 2.29 bits per heavy atom. The quantitative estimate of drug-likeness (QED) is 0.803. The Balaban J connectivity index is 1.42. The minimum absolute atomic E-state index is 0.224. The van der Waals surface area contributed by atoms with E-state index in [1.165, 1.54) is 31.5 Å². The molecule has 5 fully saturated rings. The summed E-state index contributed by atoms with van der Waals surface area (Å²) in [4.78, 5) is 20.9. The summed E-state index contributed by atoms with van der Waals surface area (Å²) < 4.78 is 5.36. The minimum atomic E-state index is 0.224. The highest BCUT2D eigenvalue weighted by Crippen LogP contribution is 2.47. The third-order valence-corrected chi connectivity index (χ3v) is 7.89. The number of likely N-dealkylation sites (tertiary alicyclic amines) is 2. The molecular weight excluding hydrogens is 350 g/mol. The van der Waals surface area contributed by atoms with Crippen LogP contribution < -0.4 is 4.74 Å². The topological polar surface area (TPSA) is 36.0 Å². The minimum Gasteiger partial charge on any atom is -0.497 e. The number of nitrogens with zero attached hydrogens (tertiary/aromatic N) is 3. The molecule has 5 aliphatic rings. The van der Waals surface area contributed by atoms with Crippen LogP contribution >= 0.6 is 0 Å². The number of benzene rings is 1. The van der Waals surface area contributed by atoms with Crippen molar-refractivity contribution in [3.63, 3.8) is 0 Å². The second-order valence-corrected chi connectivity index (χ2v) is 9.30. The molecule has 6 rings (SSSR count). The average Bonchev–Trinajstić information content (AvgIpc) is 3.17. The molecule has 0 N–H and O–H groups in total. The fourth-order valence-electron chi connectivity index (χ4n) is 6.31. The second-order valence-electron chi connectivity index (χ2n) is 9.30. The van der Waals surface area contributed by atoms with E-state index >= 15 is 0 Å². The van der Waals surface area contributed by atoms with Crippen molar-refractivity contribution in [2.24, 2.45) is 11.8 Å². The van der Waals surface area contributed by atoms with E-state index in [1.54, 1.807) is 7.11 Å². The molecular formula is C23H33N3O2. The van der Waals surface area contributed by atoms with Gasteiger partial charge in [0.15, 0.2) is 0 Å². The van der Waals surface area contributed by atoms with Gasteiger partial charge >= 0.3 is 0 Å². The van der Waals surface area contributed by atoms with Crippen LogP contribution in [0.3, 0.4) is 0 Å². The van der Waals surface area contributed by atoms with Crippen LogP contribution in [0.15, 0.2) is 24.3 Å². The molecule has 1 aromatic rings. The Morgan fingerprint density at radius 1 is 0.964 bits per heavy atom. The van der Waals surface area contributed by atoms with Gasteiger partial charge in [-0.3, -0.25) is 9.69 Å². The predicted molar refractivity (Wildman–Crippen MR) is 110 cm³/mol. The van der Waals surface area contributed by atoms with Gasteiger partial charge in [0.1, 0.15) is 5.75 Å². The number of amides is 1. The van der Waals surface area contributed by atoms with Gasteiger partial charge in [0.05, 0.1) is 13.2 Å². The fraction of sp³-hybridized carbons (Fsp3) is 0.696. The van der Waals surface area contributed by atoms with Crippen LogP contribution in [0, 0.1) is 11.8 Å². The summed E-state index contributed by atoms with van der Waals surface area (Å²) >= 11 is 0. The number of ether oxygens (including phenoxy) is 1. The Kier molecular flexibility index (Phi) is 4.84. The average molecular weight is 384 g/mol. The molecule has 1 aromatic carbocycles. The largest absolute Gasteiger partial charge is 0.497 e. The van der Waals surface area contributed by atoms with Crippen molar-refractivity contribution < 1.29 is 9.53 Å². The zero-order valence-corrected chi connectivity index (χ0v) is 17.2. The van der Waals surface area contributed by atoms with Gasteiger partial charge in [-0.2, -0.15) is 0 Å². The van der Waals surface area contributed by atoms with E-state index in [4.69, 9.17) is 4.74 Å². The van der Waals surface area contributed by atoms with E-state index in [0.29, 0.717) is 29.8 Å². The third kappa shape index (κ3) is 3.03. The summed E-state index contributed by atoms with van der Waals surface area (Å²) in [5, 5.41) is 0. The molecule has 0 radical (unpaired) electrons. The Hall–Kier alpha value is -1.59. The number of carbonyl (C=O) groups is 1. The van der Waals surface area contributed by atoms with Crippen LogP contribution in [0.4, 0.5) is 0 Å². The Morgan fingerprint density at radius 2 is 1.64 bits per heavy atom. The maximum atomic E-state index is 13.6. The highest BCUT2D eigenvalue weighted by atomic mass is 16.5. The van der Waals surface area contributed by atoms with Crippen LogP contribution in [0.5, 0.6) is 5.75 Å². The second kappa shape index (κ2) is 7.34. The van der Waals surface area contributed by atoms with Gasteiger partial charge in [-0.05, 0) is 82.5 Å². The van der Waals surface area contributed by atoms with E-state index in [0.717, 1.165) is 38.2 Å². The molecule has 0 saturated carbocycles. The van der Waals surface area contributed by atoms with Gasteiger partial charge in [-0.15, -0.1) is 0 Å². The smallest absolute Gasteiger partial charge is 0.226 e. The van der Waals surface area contributed by atoms with Gasteiger partial charge in [0, 0.05) is 24.4 Å². The first-order valence-corrected chi connectivity index (χ1v) is 11.0. The summed E-state index contributed by atoms with van der Waals surface area (Å²) in [6.45, 7) is 5.40. The molecule has 2 bridgehead atoms. The molecule has 0 spiro atoms. The van der Waals surface area contributed by atoms with Crippen molar-refractivity contribution in [1.29, 1.82) is 0 Å². The Bertz CT molecular complexity index is 705. The lowest BCUT2D eigenvalue weighted by atomic mass is 9.75. The highest BCUT2D eigenvalue weighted by molar-refractivity contribution is 5.80.